The molecule has 0 heterocycles. The Labute approximate surface area is 190 Å². The first-order valence-corrected chi connectivity index (χ1v) is 11.4. The summed E-state index contributed by atoms with van der Waals surface area (Å²) in [4.78, 5) is 0. The molecule has 0 spiro atoms. The van der Waals surface area contributed by atoms with E-state index in [1.807, 2.05) is 0 Å². The van der Waals surface area contributed by atoms with Crippen molar-refractivity contribution in [2.45, 2.75) is 25.7 Å². The Hall–Kier alpha value is -3.58. The van der Waals surface area contributed by atoms with Crippen molar-refractivity contribution in [3.8, 4) is 5.75 Å². The summed E-state index contributed by atoms with van der Waals surface area (Å²) in [6.45, 7) is 0. The monoisotopic (exact) mass is 416 g/mol. The van der Waals surface area contributed by atoms with Crippen molar-refractivity contribution in [2.24, 2.45) is 0 Å². The molecule has 0 saturated carbocycles. The zero-order valence-electron chi connectivity index (χ0n) is 18.6. The number of hydrogen-bond acceptors (Lipinski definition) is 1. The van der Waals surface area contributed by atoms with Gasteiger partial charge in [-0.3, -0.25) is 0 Å². The predicted octanol–water partition coefficient (Wildman–Crippen LogP) is 7.57. The van der Waals surface area contributed by atoms with Gasteiger partial charge >= 0.3 is 0 Å². The second-order valence-corrected chi connectivity index (χ2v) is 8.55. The molecule has 0 amide bonds. The lowest BCUT2D eigenvalue weighted by molar-refractivity contribution is 0.413. The molecule has 0 bridgehead atoms. The summed E-state index contributed by atoms with van der Waals surface area (Å²) in [7, 11) is 1.76. The lowest BCUT2D eigenvalue weighted by atomic mass is 9.97. The quantitative estimate of drug-likeness (QED) is 0.266. The third-order valence-electron chi connectivity index (χ3n) is 6.29. The minimum absolute atomic E-state index is 0.953. The van der Waals surface area contributed by atoms with Crippen molar-refractivity contribution in [3.63, 3.8) is 0 Å². The maximum absolute atomic E-state index is 5.61. The van der Waals surface area contributed by atoms with E-state index < -0.39 is 0 Å². The molecule has 0 atom stereocenters. The van der Waals surface area contributed by atoms with E-state index in [-0.39, 0.29) is 0 Å². The molecule has 1 heteroatoms. The summed E-state index contributed by atoms with van der Waals surface area (Å²) >= 11 is 0. The van der Waals surface area contributed by atoms with Gasteiger partial charge < -0.3 is 4.74 Å². The van der Waals surface area contributed by atoms with Crippen molar-refractivity contribution in [1.82, 2.24) is 0 Å². The second kappa shape index (κ2) is 9.28. The first-order chi connectivity index (χ1) is 15.8. The highest BCUT2D eigenvalue weighted by molar-refractivity contribution is 5.83. The van der Waals surface area contributed by atoms with Crippen LogP contribution in [0.5, 0.6) is 5.75 Å². The predicted molar refractivity (Wildman–Crippen MR) is 136 cm³/mol. The van der Waals surface area contributed by atoms with Gasteiger partial charge in [-0.15, -0.1) is 0 Å². The smallest absolute Gasteiger partial charge is 0.119 e. The van der Waals surface area contributed by atoms with Gasteiger partial charge in [-0.05, 0) is 81.6 Å². The summed E-state index contributed by atoms with van der Waals surface area (Å²) in [6.07, 6.45) is 4.08. The summed E-state index contributed by atoms with van der Waals surface area (Å²) in [5.41, 5.74) is 5.44. The minimum Gasteiger partial charge on any atom is -0.497 e. The van der Waals surface area contributed by atoms with Gasteiger partial charge in [-0.25, -0.2) is 0 Å². The van der Waals surface area contributed by atoms with Gasteiger partial charge in [0.25, 0.3) is 0 Å². The molecule has 0 fully saturated rings. The van der Waals surface area contributed by atoms with Gasteiger partial charge in [-0.2, -0.15) is 0 Å². The molecule has 5 aromatic carbocycles. The van der Waals surface area contributed by atoms with Gasteiger partial charge in [0.1, 0.15) is 5.75 Å². The van der Waals surface area contributed by atoms with Crippen LogP contribution in [0.1, 0.15) is 22.3 Å². The van der Waals surface area contributed by atoms with Crippen LogP contribution in [0, 0.1) is 0 Å². The SMILES string of the molecule is COc1cc(CCc2ccc3ccccc3c2)cc(CCc2ccc3ccccc3c2)c1. The van der Waals surface area contributed by atoms with Crippen molar-refractivity contribution in [2.75, 3.05) is 7.11 Å². The number of ether oxygens (including phenoxy) is 1. The molecule has 5 aromatic rings. The third-order valence-corrected chi connectivity index (χ3v) is 6.29. The Morgan fingerprint density at radius 2 is 0.875 bits per heavy atom. The van der Waals surface area contributed by atoms with Crippen LogP contribution >= 0.6 is 0 Å². The zero-order valence-corrected chi connectivity index (χ0v) is 18.6. The van der Waals surface area contributed by atoms with Crippen molar-refractivity contribution in [1.29, 1.82) is 0 Å². The Morgan fingerprint density at radius 1 is 0.438 bits per heavy atom. The summed E-state index contributed by atoms with van der Waals surface area (Å²) in [6, 6.07) is 37.4. The van der Waals surface area contributed by atoms with Crippen LogP contribution in [0.2, 0.25) is 0 Å². The summed E-state index contributed by atoms with van der Waals surface area (Å²) < 4.78 is 5.61. The lowest BCUT2D eigenvalue weighted by Gasteiger charge is -2.11. The Morgan fingerprint density at radius 3 is 1.34 bits per heavy atom. The highest BCUT2D eigenvalue weighted by atomic mass is 16.5. The molecule has 5 rings (SSSR count). The van der Waals surface area contributed by atoms with E-state index in [2.05, 4.69) is 103 Å². The highest BCUT2D eigenvalue weighted by Crippen LogP contribution is 2.23. The number of hydrogen-bond donors (Lipinski definition) is 0. The number of fused-ring (bicyclic) bond motifs is 2. The van der Waals surface area contributed by atoms with E-state index >= 15 is 0 Å². The van der Waals surface area contributed by atoms with Crippen molar-refractivity contribution < 1.29 is 4.74 Å². The van der Waals surface area contributed by atoms with E-state index in [0.29, 0.717) is 0 Å². The molecule has 0 aliphatic heterocycles. The Kier molecular flexibility index (Phi) is 5.89. The maximum Gasteiger partial charge on any atom is 0.119 e. The number of methoxy groups -OCH3 is 1. The minimum atomic E-state index is 0.953. The molecule has 0 aliphatic rings. The summed E-state index contributed by atoms with van der Waals surface area (Å²) in [5, 5.41) is 5.22. The van der Waals surface area contributed by atoms with Crippen molar-refractivity contribution in [3.05, 3.63) is 125 Å². The standard InChI is InChI=1S/C31H28O/c1-32-31-21-25(12-10-23-14-16-27-6-2-4-8-29(27)19-23)18-26(22-31)13-11-24-15-17-28-7-3-5-9-30(28)20-24/h2-9,14-22H,10-13H2,1H3. The van der Waals surface area contributed by atoms with Crippen LogP contribution in [0.4, 0.5) is 0 Å². The number of aryl methyl sites for hydroxylation is 4. The van der Waals surface area contributed by atoms with E-state index in [1.165, 1.54) is 43.8 Å². The molecule has 32 heavy (non-hydrogen) atoms. The summed E-state index contributed by atoms with van der Waals surface area (Å²) in [5.74, 6) is 0.953. The van der Waals surface area contributed by atoms with Crippen molar-refractivity contribution >= 4 is 21.5 Å². The van der Waals surface area contributed by atoms with Gasteiger partial charge in [0.05, 0.1) is 7.11 Å². The first kappa shape index (κ1) is 20.3. The lowest BCUT2D eigenvalue weighted by Crippen LogP contribution is -1.97. The van der Waals surface area contributed by atoms with Gasteiger partial charge in [-0.1, -0.05) is 91.0 Å². The molecule has 0 unspecified atom stereocenters. The largest absolute Gasteiger partial charge is 0.497 e. The van der Waals surface area contributed by atoms with E-state index in [1.54, 1.807) is 7.11 Å². The van der Waals surface area contributed by atoms with Crippen LogP contribution in [-0.2, 0) is 25.7 Å². The number of rotatable bonds is 7. The third kappa shape index (κ3) is 4.68. The van der Waals surface area contributed by atoms with E-state index in [4.69, 9.17) is 4.74 Å². The fourth-order valence-electron chi connectivity index (χ4n) is 4.50. The second-order valence-electron chi connectivity index (χ2n) is 8.55. The van der Waals surface area contributed by atoms with Gasteiger partial charge in [0, 0.05) is 0 Å². The maximum atomic E-state index is 5.61. The van der Waals surface area contributed by atoms with Crippen LogP contribution < -0.4 is 4.74 Å². The normalized spacial score (nSPS) is 11.2. The van der Waals surface area contributed by atoms with E-state index in [0.717, 1.165) is 31.4 Å². The average Bonchev–Trinajstić information content (AvgIpc) is 2.86. The molecule has 0 radical (unpaired) electrons. The highest BCUT2D eigenvalue weighted by Gasteiger charge is 2.05. The molecular formula is C31H28O. The van der Waals surface area contributed by atoms with Crippen LogP contribution in [-0.4, -0.2) is 7.11 Å². The average molecular weight is 417 g/mol. The van der Waals surface area contributed by atoms with Crippen LogP contribution in [0.25, 0.3) is 21.5 Å². The Bertz CT molecular complexity index is 1260. The van der Waals surface area contributed by atoms with Gasteiger partial charge in [0.2, 0.25) is 0 Å². The van der Waals surface area contributed by atoms with Gasteiger partial charge in [0.15, 0.2) is 0 Å². The Balaban J connectivity index is 1.30. The number of benzene rings is 5. The molecule has 1 nitrogen and oxygen atoms in total. The molecule has 0 aromatic heterocycles. The van der Waals surface area contributed by atoms with Crippen LogP contribution in [0.3, 0.4) is 0 Å². The first-order valence-electron chi connectivity index (χ1n) is 11.4. The zero-order chi connectivity index (χ0) is 21.8. The molecule has 0 saturated heterocycles. The van der Waals surface area contributed by atoms with E-state index in [9.17, 15) is 0 Å². The molecular weight excluding hydrogens is 388 g/mol. The van der Waals surface area contributed by atoms with Crippen LogP contribution in [0.15, 0.2) is 103 Å². The molecule has 0 N–H and O–H groups in total. The molecule has 0 aliphatic carbocycles. The fraction of sp³-hybridized carbons (Fsp3) is 0.161. The topological polar surface area (TPSA) is 9.23 Å². The molecule has 158 valence electrons. The fourth-order valence-corrected chi connectivity index (χ4v) is 4.50.